The molecule has 0 heterocycles. The number of methoxy groups -OCH3 is 1. The van der Waals surface area contributed by atoms with E-state index < -0.39 is 63.4 Å². The van der Waals surface area contributed by atoms with Gasteiger partial charge in [0, 0.05) is 68.3 Å². The molecule has 2 rings (SSSR count). The van der Waals surface area contributed by atoms with Crippen LogP contribution < -0.4 is 26.2 Å². The van der Waals surface area contributed by atoms with Gasteiger partial charge in [-0.15, -0.1) is 0 Å². The number of phosphoric ester groups is 1. The Morgan fingerprint density at radius 1 is 0.522 bits per heavy atom. The third-order valence-corrected chi connectivity index (χ3v) is 12.9. The van der Waals surface area contributed by atoms with Gasteiger partial charge in [-0.3, -0.25) is 57.6 Å². The maximum atomic E-state index is 12.3. The Hall–Kier alpha value is -5.75. The molecule has 0 radical (unpaired) electrons. The van der Waals surface area contributed by atoms with Crippen LogP contribution in [-0.4, -0.2) is 263 Å². The molecule has 8 N–H and O–H groups in total. The Labute approximate surface area is 545 Å². The van der Waals surface area contributed by atoms with E-state index in [4.69, 9.17) is 43.9 Å². The number of benzene rings is 2. The molecule has 2 aromatic carbocycles. The van der Waals surface area contributed by atoms with Gasteiger partial charge in [0.25, 0.3) is 7.82 Å². The van der Waals surface area contributed by atoms with Gasteiger partial charge in [-0.05, 0) is 104 Å². The number of aliphatic carboxylic acids is 4. The fraction of sp³-hybridized carbons (Fsp3) is 0.714. The first kappa shape index (κ1) is 88.3. The number of carboxylic acid groups (broad SMARTS) is 4. The number of fused-ring (bicyclic) bond motifs is 1. The van der Waals surface area contributed by atoms with Crippen LogP contribution in [0.25, 0.3) is 10.8 Å². The van der Waals surface area contributed by atoms with Gasteiger partial charge in [-0.25, -0.2) is 0 Å². The number of nitrogens with zero attached hydrogens (tertiary/aromatic N) is 4. The Morgan fingerprint density at radius 3 is 1.34 bits per heavy atom. The molecule has 0 bridgehead atoms. The molecule has 28 nitrogen and oxygen atoms in total. The summed E-state index contributed by atoms with van der Waals surface area (Å²) in [5, 5.41) is 49.8. The number of ether oxygens (including phenoxy) is 4. The molecule has 530 valence electrons. The molecule has 0 aliphatic rings. The Kier molecular flexibility index (Phi) is 43.7. The van der Waals surface area contributed by atoms with Crippen LogP contribution in [0.5, 0.6) is 0 Å². The summed E-state index contributed by atoms with van der Waals surface area (Å²) in [6.45, 7) is 27.7. The molecule has 2 aromatic rings. The predicted octanol–water partition coefficient (Wildman–Crippen LogP) is 3.88. The fourth-order valence-corrected chi connectivity index (χ4v) is 8.40. The van der Waals surface area contributed by atoms with Gasteiger partial charge in [0.15, 0.2) is 0 Å². The molecule has 29 heteroatoms. The Morgan fingerprint density at radius 2 is 0.913 bits per heavy atom. The van der Waals surface area contributed by atoms with E-state index in [9.17, 15) is 47.8 Å². The third-order valence-electron chi connectivity index (χ3n) is 11.9. The smallest absolute Gasteiger partial charge is 0.317 e. The van der Waals surface area contributed by atoms with Crippen molar-refractivity contribution in [2.45, 2.75) is 132 Å². The van der Waals surface area contributed by atoms with E-state index in [1.165, 1.54) is 31.7 Å². The Bertz CT molecular complexity index is 2490. The lowest BCUT2D eigenvalue weighted by molar-refractivity contribution is -0.870. The summed E-state index contributed by atoms with van der Waals surface area (Å²) in [5.74, 6) is -5.27. The van der Waals surface area contributed by atoms with Crippen LogP contribution in [-0.2, 0) is 77.3 Å². The minimum atomic E-state index is -4.33. The van der Waals surface area contributed by atoms with E-state index in [1.807, 2.05) is 83.5 Å². The van der Waals surface area contributed by atoms with Crippen LogP contribution in [0.2, 0.25) is 0 Å². The van der Waals surface area contributed by atoms with Gasteiger partial charge in [-0.2, -0.15) is 0 Å². The van der Waals surface area contributed by atoms with Crippen molar-refractivity contribution in [1.82, 2.24) is 36.0 Å². The second-order valence-corrected chi connectivity index (χ2v) is 28.2. The van der Waals surface area contributed by atoms with Gasteiger partial charge in [0.2, 0.25) is 23.6 Å². The molecule has 0 aliphatic carbocycles. The molecule has 0 aliphatic heterocycles. The third kappa shape index (κ3) is 53.7. The van der Waals surface area contributed by atoms with Crippen LogP contribution in [0.1, 0.15) is 113 Å². The van der Waals surface area contributed by atoms with Crippen LogP contribution in [0, 0.1) is 12.3 Å². The number of carboxylic acids is 4. The van der Waals surface area contributed by atoms with E-state index in [2.05, 4.69) is 69.1 Å². The van der Waals surface area contributed by atoms with Crippen LogP contribution >= 0.6 is 7.82 Å². The molecule has 1 unspecified atom stereocenters. The molecular formula is C63H113N8O20P. The molecular weight excluding hydrogens is 1220 g/mol. The number of nitrogens with one attached hydrogen (secondary N) is 4. The first-order chi connectivity index (χ1) is 42.3. The first-order valence-electron chi connectivity index (χ1n) is 30.7. The maximum absolute atomic E-state index is 12.3. The van der Waals surface area contributed by atoms with E-state index in [-0.39, 0.29) is 92.5 Å². The summed E-state index contributed by atoms with van der Waals surface area (Å²) < 4.78 is 42.1. The lowest BCUT2D eigenvalue weighted by Gasteiger charge is -2.29. The summed E-state index contributed by atoms with van der Waals surface area (Å²) in [4.78, 5) is 106. The highest BCUT2D eigenvalue weighted by atomic mass is 31.2. The zero-order valence-electron chi connectivity index (χ0n) is 58.0. The van der Waals surface area contributed by atoms with Crippen LogP contribution in [0.4, 0.5) is 0 Å². The molecule has 0 fully saturated rings. The topological polar surface area (TPSA) is 371 Å². The summed E-state index contributed by atoms with van der Waals surface area (Å²) in [5.41, 5.74) is 1.33. The summed E-state index contributed by atoms with van der Waals surface area (Å²) in [6, 6.07) is 12.9. The highest BCUT2D eigenvalue weighted by Crippen LogP contribution is 2.38. The van der Waals surface area contributed by atoms with Gasteiger partial charge in [-0.1, -0.05) is 57.2 Å². The summed E-state index contributed by atoms with van der Waals surface area (Å²) in [7, 11) is 3.09. The first-order valence-corrected chi connectivity index (χ1v) is 32.1. The van der Waals surface area contributed by atoms with Gasteiger partial charge in [0.05, 0.1) is 113 Å². The lowest BCUT2D eigenvalue weighted by atomic mass is 9.95. The average Bonchev–Trinajstić information content (AvgIpc) is 0.835. The second kappa shape index (κ2) is 45.6. The van der Waals surface area contributed by atoms with Gasteiger partial charge in [0.1, 0.15) is 13.2 Å². The molecule has 4 amide bonds. The molecule has 0 spiro atoms. The number of likely N-dealkylation sites (N-methyl/N-ethyl adjacent to an activating group) is 1. The minimum Gasteiger partial charge on any atom is -0.756 e. The monoisotopic (exact) mass is 1330 g/mol. The normalized spacial score (nSPS) is 12.5. The number of carbonyl (C=O) groups is 8. The van der Waals surface area contributed by atoms with Crippen molar-refractivity contribution in [3.63, 3.8) is 0 Å². The standard InChI is InChI=1S/C19H25NO.C18H32N4O9.C14H29NO5.C12H27N2O5P/c1-14-8-5-12-17-15(9-6-11-16(14)17)10-7-13-20-18(21)19(2,3)4;1-18(2,3)19-13(23)8-20(4-6-21(9-14(24)25)10-15(26)27)5-7-22(11-16(28)29)12-17(30)31;1-14(2,3)15-13(16)5-6-18-9-10-20-12-11-19-8-7-17-4;1-12(2,3)13-11(15)7-9-18-20(16,17)19-10-8-14(4,5)6/h5-6,8-9,11-12H,7,10,13H2,1-4H3,(H,20,21);4-12H2,1-3H3,(H,19,23)(H,24,25)(H,26,27)(H,28,29)(H,30,31);5-12H2,1-4H3,(H,15,16);7-10H2,1-6H3,(H-,13,15,16,17). The number of carbonyl (C=O) groups excluding carboxylic acids is 4. The predicted molar refractivity (Wildman–Crippen MR) is 349 cm³/mol. The number of phosphoric acid groups is 1. The molecule has 1 atom stereocenters. The van der Waals surface area contributed by atoms with Crippen molar-refractivity contribution in [3.8, 4) is 0 Å². The highest BCUT2D eigenvalue weighted by Gasteiger charge is 2.23. The number of quaternary nitrogens is 1. The lowest BCUT2D eigenvalue weighted by Crippen LogP contribution is -2.49. The zero-order valence-corrected chi connectivity index (χ0v) is 58.9. The van der Waals surface area contributed by atoms with E-state index >= 15 is 0 Å². The van der Waals surface area contributed by atoms with Crippen molar-refractivity contribution in [2.75, 3.05) is 160 Å². The number of amides is 4. The molecule has 92 heavy (non-hydrogen) atoms. The molecule has 0 saturated heterocycles. The number of aryl methyl sites for hydroxylation is 2. The Balaban J connectivity index is 0. The van der Waals surface area contributed by atoms with E-state index in [1.54, 1.807) is 32.8 Å². The highest BCUT2D eigenvalue weighted by molar-refractivity contribution is 7.45. The zero-order chi connectivity index (χ0) is 70.9. The van der Waals surface area contributed by atoms with Crippen molar-refractivity contribution in [3.05, 3.63) is 47.5 Å². The maximum Gasteiger partial charge on any atom is 0.317 e. The second-order valence-electron chi connectivity index (χ2n) is 26.8. The molecule has 0 aromatic heterocycles. The van der Waals surface area contributed by atoms with Crippen molar-refractivity contribution >= 4 is 66.1 Å². The minimum absolute atomic E-state index is 0.00459. The van der Waals surface area contributed by atoms with Crippen LogP contribution in [0.15, 0.2) is 36.4 Å². The molecule has 0 saturated carbocycles. The quantitative estimate of drug-likeness (QED) is 0.0267. The summed E-state index contributed by atoms with van der Waals surface area (Å²) >= 11 is 0. The van der Waals surface area contributed by atoms with Crippen molar-refractivity contribution in [2.24, 2.45) is 5.41 Å². The van der Waals surface area contributed by atoms with E-state index in [0.29, 0.717) is 63.7 Å². The number of rotatable bonds is 40. The van der Waals surface area contributed by atoms with Crippen LogP contribution in [0.3, 0.4) is 0 Å². The van der Waals surface area contributed by atoms with E-state index in [0.717, 1.165) is 19.4 Å². The fourth-order valence-electron chi connectivity index (χ4n) is 7.71. The average molecular weight is 1330 g/mol. The van der Waals surface area contributed by atoms with Crippen molar-refractivity contribution in [1.29, 1.82) is 0 Å². The summed E-state index contributed by atoms with van der Waals surface area (Å²) in [6.07, 6.45) is 2.31. The number of hydrogen-bond donors (Lipinski definition) is 8. The SMILES string of the molecule is CC(C)(C)NC(=O)CCOP(=O)([O-])OCC[N+](C)(C)C.CC(C)(C)NC(=O)CN(CCN(CC(=O)O)CC(=O)O)CCN(CC(=O)O)CC(=O)O.COCCOCCOCCOCCC(=O)NC(C)(C)C.Cc1cccc2c(CCCNC(=O)C(C)(C)C)cccc12. The largest absolute Gasteiger partial charge is 0.756 e. The van der Waals surface area contributed by atoms with Gasteiger partial charge >= 0.3 is 23.9 Å². The van der Waals surface area contributed by atoms with Gasteiger partial charge < -0.3 is 79.1 Å². The number of hydrogen-bond acceptors (Lipinski definition) is 19. The van der Waals surface area contributed by atoms with Crippen molar-refractivity contribution < 1.29 is 101 Å².